The lowest BCUT2D eigenvalue weighted by Crippen LogP contribution is -2.41. The molecule has 2 bridgehead atoms. The minimum atomic E-state index is -0.239. The van der Waals surface area contributed by atoms with Gasteiger partial charge in [-0.1, -0.05) is 48.5 Å². The number of fused-ring (bicyclic) bond motifs is 12. The second-order valence-corrected chi connectivity index (χ2v) is 13.2. The van der Waals surface area contributed by atoms with E-state index in [2.05, 4.69) is 24.7 Å². The molecule has 4 aromatic carbocycles. The van der Waals surface area contributed by atoms with Gasteiger partial charge in [0.15, 0.2) is 11.6 Å². The molecule has 0 saturated heterocycles. The Labute approximate surface area is 299 Å². The number of carbonyl (C=O) groups is 2. The summed E-state index contributed by atoms with van der Waals surface area (Å²) in [6.45, 7) is 3.01. The first-order chi connectivity index (χ1) is 24.9. The third kappa shape index (κ3) is 9.26. The molecule has 0 aliphatic carbocycles. The number of carbonyl (C=O) groups excluding carboxylic acids is 2. The number of rotatable bonds is 0. The van der Waals surface area contributed by atoms with E-state index in [0.717, 1.165) is 43.3 Å². The summed E-state index contributed by atoms with van der Waals surface area (Å²) in [5, 5.41) is 6.60. The number of para-hydroxylation sites is 6. The van der Waals surface area contributed by atoms with Gasteiger partial charge in [0.25, 0.3) is 0 Å². The quantitative estimate of drug-likeness (QED) is 0.180. The zero-order valence-electron chi connectivity index (χ0n) is 29.2. The van der Waals surface area contributed by atoms with Crippen LogP contribution in [0.25, 0.3) is 0 Å². The number of allylic oxidation sites excluding steroid dienone is 2. The molecule has 0 aromatic heterocycles. The Kier molecular flexibility index (Phi) is 11.5. The molecule has 9 nitrogen and oxygen atoms in total. The lowest BCUT2D eigenvalue weighted by molar-refractivity contribution is -0.890. The number of nitrogens with zero attached hydrogens (tertiary/aromatic N) is 3. The third-order valence-corrected chi connectivity index (χ3v) is 8.88. The van der Waals surface area contributed by atoms with Crippen molar-refractivity contribution in [3.05, 3.63) is 132 Å². The summed E-state index contributed by atoms with van der Waals surface area (Å²) in [7, 11) is 4.48. The molecule has 2 N–H and O–H groups in total. The van der Waals surface area contributed by atoms with Crippen LogP contribution in [0.4, 0.5) is 22.7 Å². The van der Waals surface area contributed by atoms with Crippen LogP contribution in [0.1, 0.15) is 46.4 Å². The van der Waals surface area contributed by atoms with E-state index in [1.807, 2.05) is 84.9 Å². The van der Waals surface area contributed by atoms with E-state index in [1.165, 1.54) is 0 Å². The van der Waals surface area contributed by atoms with Gasteiger partial charge in [-0.05, 0) is 74.2 Å². The standard InChI is InChI=1S/C42H43N5O4/c1-47(2)23-11-13-25-50-39-21-9-3-15-33(39)41(48)31-27-43-35-17-5-7-19-37(35)45-29-32(30-46-38-20-8-6-18-36(38)44-28-31)42(49)34-16-4-10-22-40(34)51-26-14-12-24-47/h3-10,15-22,27-30H,11-14,23-26H2,1-2H3,(H-,43,44,45,46,48,49)/p+1. The number of benzene rings is 4. The number of ketones is 2. The van der Waals surface area contributed by atoms with Crippen LogP contribution in [-0.2, 0) is 0 Å². The summed E-state index contributed by atoms with van der Waals surface area (Å²) in [4.78, 5) is 37.9. The Balaban J connectivity index is 1.44. The van der Waals surface area contributed by atoms with E-state index in [1.54, 1.807) is 37.0 Å². The summed E-state index contributed by atoms with van der Waals surface area (Å²) in [5.41, 5.74) is 3.99. The van der Waals surface area contributed by atoms with Crippen molar-refractivity contribution < 1.29 is 23.5 Å². The highest BCUT2D eigenvalue weighted by Gasteiger charge is 2.20. The Morgan fingerprint density at radius 1 is 0.549 bits per heavy atom. The Morgan fingerprint density at radius 2 is 0.961 bits per heavy atom. The average Bonchev–Trinajstić information content (AvgIpc) is 3.14. The molecule has 7 rings (SSSR count). The number of nitrogens with one attached hydrogen (secondary N) is 2. The van der Waals surface area contributed by atoms with Gasteiger partial charge in [-0.15, -0.1) is 0 Å². The zero-order chi connectivity index (χ0) is 35.5. The summed E-state index contributed by atoms with van der Waals surface area (Å²) < 4.78 is 13.3. The summed E-state index contributed by atoms with van der Waals surface area (Å²) in [5.74, 6) is 0.589. The van der Waals surface area contributed by atoms with Gasteiger partial charge in [-0.2, -0.15) is 0 Å². The topological polar surface area (TPSA) is 101 Å². The first-order valence-electron chi connectivity index (χ1n) is 17.4. The number of quaternary nitrogens is 1. The minimum Gasteiger partial charge on any atom is -0.493 e. The first-order valence-corrected chi connectivity index (χ1v) is 17.4. The largest absolute Gasteiger partial charge is 0.493 e. The predicted molar refractivity (Wildman–Crippen MR) is 205 cm³/mol. The minimum absolute atomic E-state index is 0.239. The zero-order valence-corrected chi connectivity index (χ0v) is 29.2. The SMILES string of the molecule is C[N+]1(C)CCCCOc2ccccc2C(=O)C2=CNc3ccccc3NC=C(C=Nc3ccccc3N=C2)C(=O)c2ccccc2OCCCC1. The van der Waals surface area contributed by atoms with E-state index in [9.17, 15) is 9.59 Å². The van der Waals surface area contributed by atoms with Crippen molar-refractivity contribution in [3.63, 3.8) is 0 Å². The van der Waals surface area contributed by atoms with Gasteiger partial charge in [0.05, 0.1) is 85.4 Å². The van der Waals surface area contributed by atoms with E-state index in [4.69, 9.17) is 19.5 Å². The van der Waals surface area contributed by atoms with Crippen LogP contribution in [0.3, 0.4) is 0 Å². The third-order valence-electron chi connectivity index (χ3n) is 8.88. The van der Waals surface area contributed by atoms with Gasteiger partial charge in [-0.25, -0.2) is 0 Å². The van der Waals surface area contributed by atoms with Gasteiger partial charge < -0.3 is 24.6 Å². The van der Waals surface area contributed by atoms with E-state index in [0.29, 0.717) is 69.7 Å². The number of anilines is 2. The van der Waals surface area contributed by atoms with E-state index in [-0.39, 0.29) is 11.6 Å². The predicted octanol–water partition coefficient (Wildman–Crippen LogP) is 8.57. The van der Waals surface area contributed by atoms with Gasteiger partial charge in [-0.3, -0.25) is 19.6 Å². The van der Waals surface area contributed by atoms with E-state index < -0.39 is 0 Å². The van der Waals surface area contributed by atoms with Crippen LogP contribution in [-0.4, -0.2) is 68.9 Å². The Hall–Kier alpha value is -5.80. The maximum absolute atomic E-state index is 14.2. The molecule has 260 valence electrons. The second kappa shape index (κ2) is 16.7. The van der Waals surface area contributed by atoms with Crippen molar-refractivity contribution >= 4 is 46.7 Å². The van der Waals surface area contributed by atoms with Crippen molar-refractivity contribution in [2.24, 2.45) is 9.98 Å². The normalized spacial score (nSPS) is 17.1. The van der Waals surface area contributed by atoms with Crippen molar-refractivity contribution in [3.8, 4) is 11.5 Å². The second-order valence-electron chi connectivity index (χ2n) is 13.2. The monoisotopic (exact) mass is 682 g/mol. The molecule has 3 aliphatic heterocycles. The smallest absolute Gasteiger partial charge is 0.199 e. The van der Waals surface area contributed by atoms with Crippen LogP contribution in [0.15, 0.2) is 131 Å². The number of aliphatic imine (C=N–C) groups is 2. The number of hydrogen-bond acceptors (Lipinski definition) is 8. The molecular weight excluding hydrogens is 638 g/mol. The summed E-state index contributed by atoms with van der Waals surface area (Å²) in [6.07, 6.45) is 10.1. The first kappa shape index (κ1) is 35.0. The lowest BCUT2D eigenvalue weighted by Gasteiger charge is -2.30. The highest BCUT2D eigenvalue weighted by Crippen LogP contribution is 2.30. The number of hydrogen-bond donors (Lipinski definition) is 2. The van der Waals surface area contributed by atoms with E-state index >= 15 is 0 Å². The number of ether oxygens (including phenoxy) is 2. The molecule has 4 aromatic rings. The van der Waals surface area contributed by atoms with Crippen LogP contribution in [0.5, 0.6) is 11.5 Å². The average molecular weight is 683 g/mol. The molecule has 3 heterocycles. The molecule has 0 radical (unpaired) electrons. The molecule has 51 heavy (non-hydrogen) atoms. The Bertz CT molecular complexity index is 1850. The highest BCUT2D eigenvalue weighted by molar-refractivity contribution is 6.23. The maximum atomic E-state index is 14.2. The fourth-order valence-electron chi connectivity index (χ4n) is 5.96. The van der Waals surface area contributed by atoms with Gasteiger partial charge in [0, 0.05) is 24.8 Å². The molecule has 0 spiro atoms. The maximum Gasteiger partial charge on any atom is 0.199 e. The molecule has 3 aliphatic rings. The molecular formula is C42H44N5O4+. The van der Waals surface area contributed by atoms with Gasteiger partial charge in [0.2, 0.25) is 0 Å². The highest BCUT2D eigenvalue weighted by atomic mass is 16.5. The molecule has 0 saturated carbocycles. The molecule has 0 fully saturated rings. The van der Waals surface area contributed by atoms with Crippen molar-refractivity contribution in [1.82, 2.24) is 0 Å². The van der Waals surface area contributed by atoms with Crippen LogP contribution >= 0.6 is 0 Å². The Morgan fingerprint density at radius 3 is 1.43 bits per heavy atom. The summed E-state index contributed by atoms with van der Waals surface area (Å²) >= 11 is 0. The molecule has 0 unspecified atom stereocenters. The van der Waals surface area contributed by atoms with Crippen molar-refractivity contribution in [2.75, 3.05) is 51.0 Å². The molecule has 9 heteroatoms. The summed E-state index contributed by atoms with van der Waals surface area (Å²) in [6, 6.07) is 29.5. The van der Waals surface area contributed by atoms with Crippen LogP contribution in [0, 0.1) is 0 Å². The van der Waals surface area contributed by atoms with Crippen LogP contribution in [0.2, 0.25) is 0 Å². The fraction of sp³-hybridized carbons (Fsp3) is 0.238. The molecule has 0 amide bonds. The fourth-order valence-corrected chi connectivity index (χ4v) is 5.96. The molecule has 0 atom stereocenters. The lowest BCUT2D eigenvalue weighted by atomic mass is 10.0. The van der Waals surface area contributed by atoms with Gasteiger partial charge >= 0.3 is 0 Å². The number of Topliss-reactive ketones (excluding diaryl/α,β-unsaturated/α-hetero) is 2. The van der Waals surface area contributed by atoms with Gasteiger partial charge in [0.1, 0.15) is 11.5 Å². The van der Waals surface area contributed by atoms with Crippen LogP contribution < -0.4 is 20.1 Å². The van der Waals surface area contributed by atoms with Crippen molar-refractivity contribution in [2.45, 2.75) is 25.7 Å². The van der Waals surface area contributed by atoms with Crippen molar-refractivity contribution in [1.29, 1.82) is 0 Å².